The molecule has 0 aliphatic heterocycles. The van der Waals surface area contributed by atoms with Gasteiger partial charge in [-0.25, -0.2) is 9.37 Å². The van der Waals surface area contributed by atoms with Gasteiger partial charge in [-0.05, 0) is 13.0 Å². The predicted octanol–water partition coefficient (Wildman–Crippen LogP) is 3.95. The van der Waals surface area contributed by atoms with Gasteiger partial charge in [-0.1, -0.05) is 16.8 Å². The molecule has 7 heteroatoms. The van der Waals surface area contributed by atoms with Crippen LogP contribution in [0.5, 0.6) is 0 Å². The Morgan fingerprint density at radius 2 is 2.14 bits per heavy atom. The molecule has 0 saturated heterocycles. The Morgan fingerprint density at radius 3 is 2.81 bits per heavy atom. The van der Waals surface area contributed by atoms with E-state index in [2.05, 4.69) is 10.1 Å². The van der Waals surface area contributed by atoms with E-state index in [4.69, 9.17) is 27.7 Å². The lowest BCUT2D eigenvalue weighted by Crippen LogP contribution is -2.06. The van der Waals surface area contributed by atoms with Gasteiger partial charge < -0.3 is 9.09 Å². The first-order chi connectivity index (χ1) is 10.1. The summed E-state index contributed by atoms with van der Waals surface area (Å²) in [6, 6.07) is 4.76. The van der Waals surface area contributed by atoms with Crippen molar-refractivity contribution in [2.24, 2.45) is 0 Å². The summed E-state index contributed by atoms with van der Waals surface area (Å²) < 4.78 is 20.6. The van der Waals surface area contributed by atoms with Gasteiger partial charge in [0, 0.05) is 24.4 Å². The number of aromatic nitrogens is 3. The minimum absolute atomic E-state index is 0.0670. The van der Waals surface area contributed by atoms with Crippen LogP contribution in [0.3, 0.4) is 0 Å². The Balaban J connectivity index is 2.12. The maximum atomic E-state index is 13.6. The number of nitrogens with zero attached hydrogens (tertiary/aromatic N) is 3. The number of alkyl halides is 1. The number of hydrogen-bond donors (Lipinski definition) is 0. The molecule has 0 saturated carbocycles. The van der Waals surface area contributed by atoms with E-state index in [0.29, 0.717) is 24.4 Å². The fourth-order valence-corrected chi connectivity index (χ4v) is 2.60. The molecule has 0 spiro atoms. The Bertz CT molecular complexity index is 797. The maximum Gasteiger partial charge on any atom is 0.144 e. The molecule has 2 heterocycles. The van der Waals surface area contributed by atoms with Crippen LogP contribution in [0.1, 0.15) is 17.3 Å². The number of imidazole rings is 1. The molecule has 0 atom stereocenters. The fraction of sp³-hybridized carbons (Fsp3) is 0.286. The zero-order chi connectivity index (χ0) is 15.0. The van der Waals surface area contributed by atoms with Crippen molar-refractivity contribution in [1.82, 2.24) is 14.7 Å². The molecule has 0 bridgehead atoms. The topological polar surface area (TPSA) is 43.9 Å². The highest BCUT2D eigenvalue weighted by molar-refractivity contribution is 6.31. The first-order valence-electron chi connectivity index (χ1n) is 6.41. The maximum absolute atomic E-state index is 13.6. The molecule has 110 valence electrons. The van der Waals surface area contributed by atoms with Crippen molar-refractivity contribution in [3.63, 3.8) is 0 Å². The molecule has 1 aromatic carbocycles. The van der Waals surface area contributed by atoms with Crippen molar-refractivity contribution in [2.45, 2.75) is 19.9 Å². The van der Waals surface area contributed by atoms with Gasteiger partial charge in [0.05, 0.1) is 22.6 Å². The summed E-state index contributed by atoms with van der Waals surface area (Å²) in [6.07, 6.45) is 0.576. The smallest absolute Gasteiger partial charge is 0.144 e. The zero-order valence-corrected chi connectivity index (χ0v) is 12.7. The minimum Gasteiger partial charge on any atom is -0.361 e. The van der Waals surface area contributed by atoms with E-state index in [0.717, 1.165) is 22.8 Å². The van der Waals surface area contributed by atoms with E-state index in [1.165, 1.54) is 6.07 Å². The summed E-state index contributed by atoms with van der Waals surface area (Å²) in [7, 11) is 0. The monoisotopic (exact) mass is 327 g/mol. The average Bonchev–Trinajstić information content (AvgIpc) is 2.97. The van der Waals surface area contributed by atoms with Gasteiger partial charge in [0.2, 0.25) is 0 Å². The van der Waals surface area contributed by atoms with Crippen molar-refractivity contribution < 1.29 is 8.91 Å². The second-order valence-electron chi connectivity index (χ2n) is 4.74. The number of rotatable bonds is 4. The fourth-order valence-electron chi connectivity index (χ4n) is 2.28. The van der Waals surface area contributed by atoms with E-state index < -0.39 is 5.82 Å². The van der Waals surface area contributed by atoms with Gasteiger partial charge in [0.25, 0.3) is 0 Å². The van der Waals surface area contributed by atoms with Crippen molar-refractivity contribution in [1.29, 1.82) is 0 Å². The lowest BCUT2D eigenvalue weighted by molar-refractivity contribution is 0.389. The predicted molar refractivity (Wildman–Crippen MR) is 79.5 cm³/mol. The van der Waals surface area contributed by atoms with Crippen LogP contribution in [0.4, 0.5) is 4.39 Å². The highest BCUT2D eigenvalue weighted by Crippen LogP contribution is 2.25. The van der Waals surface area contributed by atoms with E-state index in [9.17, 15) is 4.39 Å². The van der Waals surface area contributed by atoms with Crippen molar-refractivity contribution in [3.8, 4) is 0 Å². The first kappa shape index (κ1) is 14.4. The third-order valence-corrected chi connectivity index (χ3v) is 3.66. The summed E-state index contributed by atoms with van der Waals surface area (Å²) in [5.41, 5.74) is 2.07. The van der Waals surface area contributed by atoms with Crippen LogP contribution in [0.2, 0.25) is 5.02 Å². The Morgan fingerprint density at radius 1 is 1.33 bits per heavy atom. The molecular weight excluding hydrogens is 316 g/mol. The number of hydrogen-bond acceptors (Lipinski definition) is 3. The number of fused-ring (bicyclic) bond motifs is 1. The van der Waals surface area contributed by atoms with Gasteiger partial charge in [0.15, 0.2) is 0 Å². The SMILES string of the molecule is Cc1cc(Cn2c(CCCl)nc3cc(F)c(Cl)cc32)no1. The summed E-state index contributed by atoms with van der Waals surface area (Å²) in [5, 5.41) is 4.04. The van der Waals surface area contributed by atoms with Crippen molar-refractivity contribution in [2.75, 3.05) is 5.88 Å². The van der Waals surface area contributed by atoms with Crippen LogP contribution < -0.4 is 0 Å². The highest BCUT2D eigenvalue weighted by atomic mass is 35.5. The molecule has 0 radical (unpaired) electrons. The third-order valence-electron chi connectivity index (χ3n) is 3.18. The van der Waals surface area contributed by atoms with Crippen LogP contribution in [-0.2, 0) is 13.0 Å². The van der Waals surface area contributed by atoms with Crippen LogP contribution in [-0.4, -0.2) is 20.6 Å². The second-order valence-corrected chi connectivity index (χ2v) is 5.52. The summed E-state index contributed by atoms with van der Waals surface area (Å²) in [6.45, 7) is 2.30. The van der Waals surface area contributed by atoms with Crippen molar-refractivity contribution >= 4 is 34.2 Å². The molecule has 0 amide bonds. The second kappa shape index (κ2) is 5.66. The van der Waals surface area contributed by atoms with Gasteiger partial charge in [-0.3, -0.25) is 0 Å². The van der Waals surface area contributed by atoms with Gasteiger partial charge in [-0.2, -0.15) is 0 Å². The van der Waals surface area contributed by atoms with E-state index in [1.807, 2.05) is 17.6 Å². The molecule has 0 unspecified atom stereocenters. The number of halogens is 3. The molecule has 3 rings (SSSR count). The molecule has 0 aliphatic carbocycles. The van der Waals surface area contributed by atoms with Crippen molar-refractivity contribution in [3.05, 3.63) is 46.3 Å². The summed E-state index contributed by atoms with van der Waals surface area (Å²) >= 11 is 11.7. The largest absolute Gasteiger partial charge is 0.361 e. The van der Waals surface area contributed by atoms with Gasteiger partial charge >= 0.3 is 0 Å². The lowest BCUT2D eigenvalue weighted by Gasteiger charge is -2.06. The first-order valence-corrected chi connectivity index (χ1v) is 7.32. The zero-order valence-electron chi connectivity index (χ0n) is 11.2. The molecular formula is C14H12Cl2FN3O. The molecule has 2 aromatic heterocycles. The lowest BCUT2D eigenvalue weighted by atomic mass is 10.3. The minimum atomic E-state index is -0.483. The number of aryl methyl sites for hydroxylation is 2. The summed E-state index contributed by atoms with van der Waals surface area (Å²) in [5.74, 6) is 1.44. The average molecular weight is 328 g/mol. The van der Waals surface area contributed by atoms with Gasteiger partial charge in [0.1, 0.15) is 23.1 Å². The summed E-state index contributed by atoms with van der Waals surface area (Å²) in [4.78, 5) is 4.43. The van der Waals surface area contributed by atoms with Gasteiger partial charge in [-0.15, -0.1) is 11.6 Å². The van der Waals surface area contributed by atoms with Crippen LogP contribution >= 0.6 is 23.2 Å². The van der Waals surface area contributed by atoms with Crippen LogP contribution in [0.25, 0.3) is 11.0 Å². The molecule has 0 aliphatic rings. The Hall–Kier alpha value is -1.59. The normalized spacial score (nSPS) is 11.4. The Labute approximate surface area is 130 Å². The molecule has 0 fully saturated rings. The standard InChI is InChI=1S/C14H12Cl2FN3O/c1-8-4-9(19-21-8)7-20-13-5-10(16)11(17)6-12(13)18-14(20)2-3-15/h4-6H,2-3,7H2,1H3. The van der Waals surface area contributed by atoms with E-state index >= 15 is 0 Å². The van der Waals surface area contributed by atoms with Crippen LogP contribution in [0, 0.1) is 12.7 Å². The molecule has 3 aromatic rings. The molecule has 4 nitrogen and oxygen atoms in total. The number of benzene rings is 1. The quantitative estimate of drug-likeness (QED) is 0.681. The van der Waals surface area contributed by atoms with E-state index in [1.54, 1.807) is 6.07 Å². The Kier molecular flexibility index (Phi) is 3.87. The molecule has 21 heavy (non-hydrogen) atoms. The third kappa shape index (κ3) is 2.76. The molecule has 0 N–H and O–H groups in total. The van der Waals surface area contributed by atoms with E-state index in [-0.39, 0.29) is 5.02 Å². The van der Waals surface area contributed by atoms with Crippen LogP contribution in [0.15, 0.2) is 22.7 Å². The highest BCUT2D eigenvalue weighted by Gasteiger charge is 2.15.